The quantitative estimate of drug-likeness (QED) is 0.635. The van der Waals surface area contributed by atoms with Crippen molar-refractivity contribution >= 4 is 28.8 Å². The minimum atomic E-state index is -0.00999. The molecule has 0 aromatic heterocycles. The fourth-order valence-corrected chi connectivity index (χ4v) is 5.65. The molecule has 1 unspecified atom stereocenters. The van der Waals surface area contributed by atoms with Crippen LogP contribution in [0.5, 0.6) is 5.75 Å². The van der Waals surface area contributed by atoms with Crippen LogP contribution in [-0.2, 0) is 11.2 Å². The van der Waals surface area contributed by atoms with Gasteiger partial charge in [0.2, 0.25) is 0 Å². The highest BCUT2D eigenvalue weighted by atomic mass is 127. The molecule has 3 heteroatoms. The van der Waals surface area contributed by atoms with Crippen LogP contribution in [0.2, 0.25) is 0 Å². The average molecular weight is 396 g/mol. The largest absolute Gasteiger partial charge is 0.428 e. The number of rotatable bonds is 1. The molecule has 0 aliphatic heterocycles. The smallest absolute Gasteiger partial charge is 0.192 e. The first-order valence-electron chi connectivity index (χ1n) is 8.08. The molecule has 0 spiro atoms. The van der Waals surface area contributed by atoms with Crippen molar-refractivity contribution < 1.29 is 7.86 Å². The summed E-state index contributed by atoms with van der Waals surface area (Å²) in [4.78, 5) is 12.3. The molecule has 1 aromatic rings. The van der Waals surface area contributed by atoms with Crippen LogP contribution in [-0.4, -0.2) is 5.78 Å². The second-order valence-electron chi connectivity index (χ2n) is 7.27. The second kappa shape index (κ2) is 4.97. The Morgan fingerprint density at radius 1 is 1.24 bits per heavy atom. The molecule has 0 radical (unpaired) electrons. The Bertz CT molecular complexity index is 597. The van der Waals surface area contributed by atoms with Gasteiger partial charge in [0, 0.05) is 11.8 Å². The number of Topliss-reactive ketones (excluding diaryl/α,β-unsaturated/α-hetero) is 1. The molecular weight excluding hydrogens is 375 g/mol. The summed E-state index contributed by atoms with van der Waals surface area (Å²) in [5, 5.41) is 0. The molecule has 0 heterocycles. The molecule has 3 aliphatic rings. The summed E-state index contributed by atoms with van der Waals surface area (Å²) in [5.41, 5.74) is 2.99. The average Bonchev–Trinajstić information content (AvgIpc) is 2.82. The third-order valence-corrected chi connectivity index (χ3v) is 7.00. The first-order chi connectivity index (χ1) is 10.1. The van der Waals surface area contributed by atoms with E-state index in [1.165, 1.54) is 24.0 Å². The predicted octanol–water partition coefficient (Wildman–Crippen LogP) is 4.84. The van der Waals surface area contributed by atoms with Gasteiger partial charge in [0.25, 0.3) is 0 Å². The van der Waals surface area contributed by atoms with Crippen LogP contribution in [0.4, 0.5) is 0 Å². The molecule has 4 atom stereocenters. The molecule has 0 saturated heterocycles. The van der Waals surface area contributed by atoms with Crippen LogP contribution >= 0.6 is 23.0 Å². The van der Waals surface area contributed by atoms with Gasteiger partial charge in [-0.05, 0) is 73.1 Å². The van der Waals surface area contributed by atoms with E-state index in [0.29, 0.717) is 23.5 Å². The molecule has 0 bridgehead atoms. The van der Waals surface area contributed by atoms with E-state index in [4.69, 9.17) is 3.07 Å². The zero-order valence-corrected chi connectivity index (χ0v) is 14.6. The molecule has 21 heavy (non-hydrogen) atoms. The predicted molar refractivity (Wildman–Crippen MR) is 90.7 cm³/mol. The first kappa shape index (κ1) is 14.0. The number of fused-ring (bicyclic) bond motifs is 5. The van der Waals surface area contributed by atoms with Gasteiger partial charge in [0.1, 0.15) is 11.5 Å². The van der Waals surface area contributed by atoms with Gasteiger partial charge in [-0.1, -0.05) is 13.0 Å². The Hall–Kier alpha value is -0.580. The highest BCUT2D eigenvalue weighted by molar-refractivity contribution is 14.1. The zero-order chi connectivity index (χ0) is 14.6. The van der Waals surface area contributed by atoms with Crippen LogP contribution in [0.25, 0.3) is 0 Å². The molecule has 112 valence electrons. The van der Waals surface area contributed by atoms with E-state index in [1.807, 2.05) is 23.0 Å². The lowest BCUT2D eigenvalue weighted by Gasteiger charge is -2.48. The Morgan fingerprint density at radius 3 is 2.90 bits per heavy atom. The van der Waals surface area contributed by atoms with Crippen molar-refractivity contribution in [2.45, 2.75) is 51.4 Å². The lowest BCUT2D eigenvalue weighted by Crippen LogP contribution is -2.42. The van der Waals surface area contributed by atoms with E-state index >= 15 is 0 Å². The summed E-state index contributed by atoms with van der Waals surface area (Å²) < 4.78 is 5.34. The number of carbonyl (C=O) groups is 1. The minimum absolute atomic E-state index is 0.00999. The summed E-state index contributed by atoms with van der Waals surface area (Å²) in [5.74, 6) is 3.50. The van der Waals surface area contributed by atoms with E-state index in [0.717, 1.165) is 31.4 Å². The van der Waals surface area contributed by atoms with E-state index in [1.54, 1.807) is 0 Å². The van der Waals surface area contributed by atoms with Crippen LogP contribution < -0.4 is 3.07 Å². The van der Waals surface area contributed by atoms with Gasteiger partial charge in [-0.25, -0.2) is 0 Å². The SMILES string of the molecule is C[C@]12CC[C@@H]3c4ccc(OI)cc4CC[C@H]3C1CCC2=O. The third kappa shape index (κ3) is 1.99. The van der Waals surface area contributed by atoms with E-state index < -0.39 is 0 Å². The van der Waals surface area contributed by atoms with Gasteiger partial charge in [-0.3, -0.25) is 4.79 Å². The Kier molecular flexibility index (Phi) is 3.32. The third-order valence-electron chi connectivity index (χ3n) is 6.50. The molecule has 2 saturated carbocycles. The summed E-state index contributed by atoms with van der Waals surface area (Å²) in [6.45, 7) is 2.24. The number of hydrogen-bond acceptors (Lipinski definition) is 2. The first-order valence-corrected chi connectivity index (χ1v) is 8.96. The van der Waals surface area contributed by atoms with Crippen LogP contribution in [0.15, 0.2) is 18.2 Å². The summed E-state index contributed by atoms with van der Waals surface area (Å²) in [7, 11) is 0. The van der Waals surface area contributed by atoms with Gasteiger partial charge in [-0.15, -0.1) is 0 Å². The standard InChI is InChI=1S/C18H21IO2/c1-18-9-8-14-13-5-3-12(21-19)10-11(13)2-4-15(14)16(18)6-7-17(18)20/h3,5,10,14-16H,2,4,6-9H2,1H3/t14-,15-,16?,18+/m1/s1. The molecule has 0 N–H and O–H groups in total. The number of aryl methyl sites for hydroxylation is 1. The minimum Gasteiger partial charge on any atom is -0.428 e. The molecule has 2 fully saturated rings. The summed E-state index contributed by atoms with van der Waals surface area (Å²) in [6, 6.07) is 6.59. The number of carbonyl (C=O) groups excluding carboxylic acids is 1. The highest BCUT2D eigenvalue weighted by Crippen LogP contribution is 2.59. The number of halogens is 1. The fraction of sp³-hybridized carbons (Fsp3) is 0.611. The van der Waals surface area contributed by atoms with Gasteiger partial charge in [0.05, 0.1) is 0 Å². The van der Waals surface area contributed by atoms with Gasteiger partial charge < -0.3 is 3.07 Å². The number of hydrogen-bond donors (Lipinski definition) is 0. The van der Waals surface area contributed by atoms with Crippen molar-refractivity contribution in [3.63, 3.8) is 0 Å². The van der Waals surface area contributed by atoms with Crippen LogP contribution in [0, 0.1) is 17.3 Å². The van der Waals surface area contributed by atoms with Gasteiger partial charge >= 0.3 is 0 Å². The maximum Gasteiger partial charge on any atom is 0.192 e. The summed E-state index contributed by atoms with van der Waals surface area (Å²) >= 11 is 1.95. The Balaban J connectivity index is 1.70. The Morgan fingerprint density at radius 2 is 2.10 bits per heavy atom. The number of ketones is 1. The number of benzene rings is 1. The Labute approximate surface area is 140 Å². The molecule has 0 amide bonds. The second-order valence-corrected chi connectivity index (χ2v) is 7.71. The molecule has 3 aliphatic carbocycles. The molecular formula is C18H21IO2. The van der Waals surface area contributed by atoms with Crippen molar-refractivity contribution in [2.75, 3.05) is 0 Å². The van der Waals surface area contributed by atoms with Crippen LogP contribution in [0.1, 0.15) is 56.1 Å². The van der Waals surface area contributed by atoms with Gasteiger partial charge in [0.15, 0.2) is 23.0 Å². The molecule has 4 rings (SSSR count). The van der Waals surface area contributed by atoms with E-state index in [9.17, 15) is 4.79 Å². The fourth-order valence-electron chi connectivity index (χ4n) is 5.38. The van der Waals surface area contributed by atoms with Crippen molar-refractivity contribution in [2.24, 2.45) is 17.3 Å². The lowest BCUT2D eigenvalue weighted by molar-refractivity contribution is -0.129. The van der Waals surface area contributed by atoms with Gasteiger partial charge in [-0.2, -0.15) is 0 Å². The van der Waals surface area contributed by atoms with E-state index in [2.05, 4.69) is 25.1 Å². The normalized spacial score (nSPS) is 37.6. The molecule has 2 nitrogen and oxygen atoms in total. The van der Waals surface area contributed by atoms with Crippen molar-refractivity contribution in [3.8, 4) is 5.75 Å². The van der Waals surface area contributed by atoms with Crippen molar-refractivity contribution in [1.29, 1.82) is 0 Å². The summed E-state index contributed by atoms with van der Waals surface area (Å²) in [6.07, 6.45) is 6.60. The topological polar surface area (TPSA) is 26.3 Å². The monoisotopic (exact) mass is 396 g/mol. The highest BCUT2D eigenvalue weighted by Gasteiger charge is 2.54. The van der Waals surface area contributed by atoms with Crippen LogP contribution in [0.3, 0.4) is 0 Å². The van der Waals surface area contributed by atoms with Crippen molar-refractivity contribution in [1.82, 2.24) is 0 Å². The zero-order valence-electron chi connectivity index (χ0n) is 12.4. The van der Waals surface area contributed by atoms with E-state index in [-0.39, 0.29) is 5.41 Å². The maximum atomic E-state index is 12.3. The van der Waals surface area contributed by atoms with Crippen molar-refractivity contribution in [3.05, 3.63) is 29.3 Å². The lowest BCUT2D eigenvalue weighted by atomic mass is 9.55. The molecule has 1 aromatic carbocycles. The maximum absolute atomic E-state index is 12.3.